The molecular formula is C20H23NO. The van der Waals surface area contributed by atoms with Crippen LogP contribution in [-0.2, 0) is 17.6 Å². The number of carbonyl (C=O) groups is 1. The number of ketones is 1. The van der Waals surface area contributed by atoms with E-state index in [-0.39, 0.29) is 5.92 Å². The number of nitrogens with zero attached hydrogens (tertiary/aromatic N) is 1. The molecule has 0 bridgehead atoms. The molecule has 0 N–H and O–H groups in total. The summed E-state index contributed by atoms with van der Waals surface area (Å²) in [7, 11) is 0. The fourth-order valence-electron chi connectivity index (χ4n) is 3.19. The first-order valence-electron chi connectivity index (χ1n) is 8.14. The first-order valence-corrected chi connectivity index (χ1v) is 8.14. The van der Waals surface area contributed by atoms with Crippen LogP contribution >= 0.6 is 0 Å². The molecule has 0 amide bonds. The molecule has 1 fully saturated rings. The molecule has 1 heterocycles. The zero-order chi connectivity index (χ0) is 15.2. The summed E-state index contributed by atoms with van der Waals surface area (Å²) in [4.78, 5) is 14.6. The van der Waals surface area contributed by atoms with Crippen molar-refractivity contribution in [3.63, 3.8) is 0 Å². The van der Waals surface area contributed by atoms with Gasteiger partial charge in [-0.1, -0.05) is 60.7 Å². The Morgan fingerprint density at radius 1 is 0.909 bits per heavy atom. The van der Waals surface area contributed by atoms with Crippen LogP contribution in [0, 0.1) is 5.92 Å². The molecule has 2 aromatic rings. The smallest absolute Gasteiger partial charge is 0.138 e. The van der Waals surface area contributed by atoms with Gasteiger partial charge < -0.3 is 4.90 Å². The highest BCUT2D eigenvalue weighted by Gasteiger charge is 2.26. The predicted octanol–water partition coefficient (Wildman–Crippen LogP) is 3.36. The highest BCUT2D eigenvalue weighted by atomic mass is 16.1. The van der Waals surface area contributed by atoms with Crippen molar-refractivity contribution < 1.29 is 4.79 Å². The maximum atomic E-state index is 12.2. The average molecular weight is 293 g/mol. The summed E-state index contributed by atoms with van der Waals surface area (Å²) in [6.07, 6.45) is 2.64. The Bertz CT molecular complexity index is 594. The number of carbonyl (C=O) groups excluding carboxylic acids is 1. The molecule has 0 aromatic heterocycles. The van der Waals surface area contributed by atoms with Gasteiger partial charge >= 0.3 is 0 Å². The molecule has 1 unspecified atom stereocenters. The highest BCUT2D eigenvalue weighted by molar-refractivity contribution is 5.82. The summed E-state index contributed by atoms with van der Waals surface area (Å²) < 4.78 is 0. The van der Waals surface area contributed by atoms with Gasteiger partial charge in [0, 0.05) is 32.0 Å². The number of hydrogen-bond donors (Lipinski definition) is 0. The largest absolute Gasteiger partial charge is 0.302 e. The van der Waals surface area contributed by atoms with Crippen LogP contribution in [0.2, 0.25) is 0 Å². The fourth-order valence-corrected chi connectivity index (χ4v) is 3.19. The van der Waals surface area contributed by atoms with Crippen LogP contribution in [-0.4, -0.2) is 30.3 Å². The van der Waals surface area contributed by atoms with E-state index in [2.05, 4.69) is 59.5 Å². The summed E-state index contributed by atoms with van der Waals surface area (Å²) in [6.45, 7) is 2.86. The first-order chi connectivity index (χ1) is 10.8. The molecule has 1 saturated heterocycles. The summed E-state index contributed by atoms with van der Waals surface area (Å²) in [5.74, 6) is 0.590. The van der Waals surface area contributed by atoms with Crippen LogP contribution in [0.1, 0.15) is 17.5 Å². The molecule has 22 heavy (non-hydrogen) atoms. The lowest BCUT2D eigenvalue weighted by atomic mass is 9.90. The van der Waals surface area contributed by atoms with Gasteiger partial charge in [0.1, 0.15) is 5.78 Å². The third-order valence-corrected chi connectivity index (χ3v) is 4.49. The van der Waals surface area contributed by atoms with Gasteiger partial charge in [-0.15, -0.1) is 0 Å². The molecule has 0 saturated carbocycles. The molecule has 1 aliphatic rings. The molecule has 1 atom stereocenters. The maximum absolute atomic E-state index is 12.2. The molecule has 2 nitrogen and oxygen atoms in total. The topological polar surface area (TPSA) is 20.3 Å². The van der Waals surface area contributed by atoms with Gasteiger partial charge in [0.15, 0.2) is 0 Å². The highest BCUT2D eigenvalue weighted by Crippen LogP contribution is 2.18. The van der Waals surface area contributed by atoms with Gasteiger partial charge in [0.05, 0.1) is 0 Å². The van der Waals surface area contributed by atoms with Crippen molar-refractivity contribution in [3.05, 3.63) is 71.8 Å². The second-order valence-electron chi connectivity index (χ2n) is 6.14. The van der Waals surface area contributed by atoms with E-state index >= 15 is 0 Å². The van der Waals surface area contributed by atoms with Crippen LogP contribution in [0.5, 0.6) is 0 Å². The Morgan fingerprint density at radius 2 is 1.55 bits per heavy atom. The third kappa shape index (κ3) is 4.05. The van der Waals surface area contributed by atoms with Crippen LogP contribution < -0.4 is 0 Å². The average Bonchev–Trinajstić information content (AvgIpc) is 2.57. The monoisotopic (exact) mass is 293 g/mol. The van der Waals surface area contributed by atoms with Crippen molar-refractivity contribution in [3.8, 4) is 0 Å². The molecular weight excluding hydrogens is 270 g/mol. The van der Waals surface area contributed by atoms with E-state index in [0.717, 1.165) is 32.5 Å². The molecule has 2 heteroatoms. The standard InChI is InChI=1S/C20H23NO/c22-20-12-14-21(13-11-17-7-3-1-4-8-17)16-19(20)15-18-9-5-2-6-10-18/h1-10,19H,11-16H2. The molecule has 0 spiro atoms. The minimum atomic E-state index is 0.159. The Hall–Kier alpha value is -1.93. The maximum Gasteiger partial charge on any atom is 0.138 e. The van der Waals surface area contributed by atoms with Gasteiger partial charge in [0.2, 0.25) is 0 Å². The van der Waals surface area contributed by atoms with Gasteiger partial charge in [-0.3, -0.25) is 4.79 Å². The minimum Gasteiger partial charge on any atom is -0.302 e. The van der Waals surface area contributed by atoms with Gasteiger partial charge in [-0.05, 0) is 24.0 Å². The summed E-state index contributed by atoms with van der Waals surface area (Å²) in [5, 5.41) is 0. The molecule has 114 valence electrons. The summed E-state index contributed by atoms with van der Waals surface area (Å²) >= 11 is 0. The van der Waals surface area contributed by atoms with E-state index in [4.69, 9.17) is 0 Å². The van der Waals surface area contributed by atoms with E-state index in [1.807, 2.05) is 6.07 Å². The Morgan fingerprint density at radius 3 is 2.23 bits per heavy atom. The normalized spacial score (nSPS) is 19.3. The van der Waals surface area contributed by atoms with Crippen LogP contribution in [0.4, 0.5) is 0 Å². The van der Waals surface area contributed by atoms with E-state index in [1.165, 1.54) is 11.1 Å². The van der Waals surface area contributed by atoms with Crippen LogP contribution in [0.3, 0.4) is 0 Å². The van der Waals surface area contributed by atoms with Gasteiger partial charge in [-0.2, -0.15) is 0 Å². The zero-order valence-corrected chi connectivity index (χ0v) is 12.9. The second kappa shape index (κ2) is 7.37. The van der Waals surface area contributed by atoms with Crippen molar-refractivity contribution in [1.29, 1.82) is 0 Å². The van der Waals surface area contributed by atoms with E-state index < -0.39 is 0 Å². The molecule has 2 aromatic carbocycles. The molecule has 3 rings (SSSR count). The van der Waals surface area contributed by atoms with Gasteiger partial charge in [0.25, 0.3) is 0 Å². The number of hydrogen-bond acceptors (Lipinski definition) is 2. The Balaban J connectivity index is 1.55. The Labute approximate surface area is 132 Å². The zero-order valence-electron chi connectivity index (χ0n) is 12.9. The van der Waals surface area contributed by atoms with Crippen molar-refractivity contribution >= 4 is 5.78 Å². The fraction of sp³-hybridized carbons (Fsp3) is 0.350. The third-order valence-electron chi connectivity index (χ3n) is 4.49. The lowest BCUT2D eigenvalue weighted by Gasteiger charge is -2.31. The van der Waals surface area contributed by atoms with E-state index in [1.54, 1.807) is 0 Å². The number of rotatable bonds is 5. The molecule has 1 aliphatic heterocycles. The quantitative estimate of drug-likeness (QED) is 0.842. The minimum absolute atomic E-state index is 0.159. The number of Topliss-reactive ketones (excluding diaryl/α,β-unsaturated/α-hetero) is 1. The summed E-state index contributed by atoms with van der Waals surface area (Å²) in [5.41, 5.74) is 2.64. The Kier molecular flexibility index (Phi) is 5.02. The lowest BCUT2D eigenvalue weighted by molar-refractivity contribution is -0.126. The van der Waals surface area contributed by atoms with Crippen molar-refractivity contribution in [2.45, 2.75) is 19.3 Å². The lowest BCUT2D eigenvalue weighted by Crippen LogP contribution is -2.42. The van der Waals surface area contributed by atoms with Crippen LogP contribution in [0.25, 0.3) is 0 Å². The number of benzene rings is 2. The molecule has 0 aliphatic carbocycles. The van der Waals surface area contributed by atoms with E-state index in [0.29, 0.717) is 12.2 Å². The van der Waals surface area contributed by atoms with Crippen molar-refractivity contribution in [2.75, 3.05) is 19.6 Å². The van der Waals surface area contributed by atoms with E-state index in [9.17, 15) is 4.79 Å². The summed E-state index contributed by atoms with van der Waals surface area (Å²) in [6, 6.07) is 21.0. The van der Waals surface area contributed by atoms with Crippen molar-refractivity contribution in [2.24, 2.45) is 5.92 Å². The van der Waals surface area contributed by atoms with Crippen molar-refractivity contribution in [1.82, 2.24) is 4.90 Å². The SMILES string of the molecule is O=C1CCN(CCc2ccccc2)CC1Cc1ccccc1. The second-order valence-corrected chi connectivity index (χ2v) is 6.14. The number of piperidine rings is 1. The predicted molar refractivity (Wildman–Crippen MR) is 89.8 cm³/mol. The first kappa shape index (κ1) is 15.0. The molecule has 0 radical (unpaired) electrons. The number of likely N-dealkylation sites (tertiary alicyclic amines) is 1. The van der Waals surface area contributed by atoms with Gasteiger partial charge in [-0.25, -0.2) is 0 Å². The van der Waals surface area contributed by atoms with Crippen LogP contribution in [0.15, 0.2) is 60.7 Å².